The molecule has 4 aromatic rings. The molecule has 8 heteroatoms. The fourth-order valence-electron chi connectivity index (χ4n) is 4.52. The molecule has 7 nitrogen and oxygen atoms in total. The van der Waals surface area contributed by atoms with Gasteiger partial charge in [0.15, 0.2) is 5.82 Å². The monoisotopic (exact) mass is 463 g/mol. The predicted octanol–water partition coefficient (Wildman–Crippen LogP) is 4.29. The summed E-state index contributed by atoms with van der Waals surface area (Å²) >= 11 is 1.53. The first-order chi connectivity index (χ1) is 16.1. The smallest absolute Gasteiger partial charge is 0.230 e. The van der Waals surface area contributed by atoms with Crippen molar-refractivity contribution in [1.82, 2.24) is 19.5 Å². The molecule has 1 fully saturated rings. The minimum absolute atomic E-state index is 0.0403. The number of fused-ring (bicyclic) bond motifs is 1. The lowest BCUT2D eigenvalue weighted by Crippen LogP contribution is -2.47. The van der Waals surface area contributed by atoms with E-state index in [9.17, 15) is 5.11 Å². The van der Waals surface area contributed by atoms with Crippen molar-refractivity contribution in [1.29, 1.82) is 0 Å². The highest BCUT2D eigenvalue weighted by Gasteiger charge is 2.32. The Balaban J connectivity index is 1.44. The maximum Gasteiger partial charge on any atom is 0.230 e. The topological polar surface area (TPSA) is 66.1 Å². The maximum atomic E-state index is 11.1. The van der Waals surface area contributed by atoms with Gasteiger partial charge in [0, 0.05) is 38.3 Å². The molecule has 0 spiro atoms. The van der Waals surface area contributed by atoms with Crippen LogP contribution >= 0.6 is 11.3 Å². The van der Waals surface area contributed by atoms with E-state index in [2.05, 4.69) is 63.2 Å². The molecular weight excluding hydrogens is 434 g/mol. The van der Waals surface area contributed by atoms with Crippen LogP contribution in [-0.4, -0.2) is 57.9 Å². The van der Waals surface area contributed by atoms with Gasteiger partial charge in [0.05, 0.1) is 18.0 Å². The third-order valence-electron chi connectivity index (χ3n) is 6.28. The highest BCUT2D eigenvalue weighted by Crippen LogP contribution is 2.40. The first-order valence-electron chi connectivity index (χ1n) is 11.3. The van der Waals surface area contributed by atoms with Crippen molar-refractivity contribution in [2.24, 2.45) is 0 Å². The van der Waals surface area contributed by atoms with Crippen LogP contribution in [0.5, 0.6) is 11.6 Å². The van der Waals surface area contributed by atoms with Gasteiger partial charge in [-0.2, -0.15) is 4.52 Å². The molecular formula is C25H29N5O2S. The van der Waals surface area contributed by atoms with Gasteiger partial charge in [-0.15, -0.1) is 5.10 Å². The molecule has 2 aromatic carbocycles. The van der Waals surface area contributed by atoms with Crippen molar-refractivity contribution >= 4 is 22.0 Å². The van der Waals surface area contributed by atoms with Crippen LogP contribution in [0.3, 0.4) is 0 Å². The first kappa shape index (κ1) is 21.7. The molecule has 0 radical (unpaired) electrons. The lowest BCUT2D eigenvalue weighted by atomic mass is 10.0. The standard InChI is InChI=1S/C25H29N5O2S/c1-4-21-26-25-30(27-21)24(31)23(33-25)22(18-7-5-6-17(2)16-18)29-14-12-28(13-15-29)19-8-10-20(32-3)11-9-19/h5-11,16,22,31H,4,12-15H2,1-3H3/t22-/m0/s1. The van der Waals surface area contributed by atoms with Gasteiger partial charge in [-0.05, 0) is 36.8 Å². The van der Waals surface area contributed by atoms with E-state index >= 15 is 0 Å². The number of hydrogen-bond acceptors (Lipinski definition) is 7. The van der Waals surface area contributed by atoms with E-state index < -0.39 is 0 Å². The SMILES string of the molecule is CCc1nc2sc([C@H](c3cccc(C)c3)N3CCN(c4ccc(OC)cc4)CC3)c(O)n2n1. The Labute approximate surface area is 197 Å². The van der Waals surface area contributed by atoms with Crippen LogP contribution in [0.15, 0.2) is 48.5 Å². The van der Waals surface area contributed by atoms with Crippen LogP contribution in [0.4, 0.5) is 5.69 Å². The molecule has 0 bridgehead atoms. The largest absolute Gasteiger partial charge is 0.497 e. The predicted molar refractivity (Wildman–Crippen MR) is 132 cm³/mol. The van der Waals surface area contributed by atoms with Crippen LogP contribution < -0.4 is 9.64 Å². The molecule has 0 saturated carbocycles. The van der Waals surface area contributed by atoms with E-state index in [4.69, 9.17) is 4.74 Å². The zero-order chi connectivity index (χ0) is 22.9. The number of methoxy groups -OCH3 is 1. The summed E-state index contributed by atoms with van der Waals surface area (Å²) in [5.41, 5.74) is 3.60. The van der Waals surface area contributed by atoms with Gasteiger partial charge in [-0.1, -0.05) is 48.1 Å². The minimum atomic E-state index is -0.0403. The van der Waals surface area contributed by atoms with Crippen LogP contribution in [0.1, 0.15) is 34.8 Å². The molecule has 0 aliphatic carbocycles. The highest BCUT2D eigenvalue weighted by atomic mass is 32.1. The van der Waals surface area contributed by atoms with Crippen LogP contribution in [0, 0.1) is 6.92 Å². The van der Waals surface area contributed by atoms with Gasteiger partial charge in [0.2, 0.25) is 10.8 Å². The molecule has 1 N–H and O–H groups in total. The second-order valence-electron chi connectivity index (χ2n) is 8.40. The average Bonchev–Trinajstić information content (AvgIpc) is 3.39. The van der Waals surface area contributed by atoms with E-state index in [1.54, 1.807) is 11.6 Å². The number of piperazine rings is 1. The molecule has 0 amide bonds. The number of rotatable bonds is 6. The molecule has 172 valence electrons. The van der Waals surface area contributed by atoms with Gasteiger partial charge in [-0.3, -0.25) is 4.90 Å². The van der Waals surface area contributed by atoms with Gasteiger partial charge < -0.3 is 14.7 Å². The fraction of sp³-hybridized carbons (Fsp3) is 0.360. The zero-order valence-electron chi connectivity index (χ0n) is 19.2. The van der Waals surface area contributed by atoms with Crippen molar-refractivity contribution in [2.45, 2.75) is 26.3 Å². The number of hydrogen-bond donors (Lipinski definition) is 1. The second kappa shape index (κ2) is 9.03. The van der Waals surface area contributed by atoms with Crippen LogP contribution in [0.25, 0.3) is 4.96 Å². The number of thiazole rings is 1. The third-order valence-corrected chi connectivity index (χ3v) is 7.36. The molecule has 1 aliphatic heterocycles. The number of aromatic hydroxyl groups is 1. The van der Waals surface area contributed by atoms with Crippen molar-refractivity contribution in [3.8, 4) is 11.6 Å². The molecule has 5 rings (SSSR count). The van der Waals surface area contributed by atoms with Gasteiger partial charge in [-0.25, -0.2) is 4.98 Å². The molecule has 1 atom stereocenters. The van der Waals surface area contributed by atoms with Gasteiger partial charge in [0.25, 0.3) is 0 Å². The number of nitrogens with zero attached hydrogens (tertiary/aromatic N) is 5. The van der Waals surface area contributed by atoms with Gasteiger partial charge >= 0.3 is 0 Å². The molecule has 2 aromatic heterocycles. The number of ether oxygens (including phenoxy) is 1. The quantitative estimate of drug-likeness (QED) is 0.460. The summed E-state index contributed by atoms with van der Waals surface area (Å²) in [6, 6.07) is 16.8. The first-order valence-corrected chi connectivity index (χ1v) is 12.2. The lowest BCUT2D eigenvalue weighted by Gasteiger charge is -2.40. The molecule has 1 saturated heterocycles. The Bertz CT molecular complexity index is 1240. The summed E-state index contributed by atoms with van der Waals surface area (Å²) in [6.07, 6.45) is 0.748. The summed E-state index contributed by atoms with van der Waals surface area (Å²) in [4.78, 5) is 11.1. The van der Waals surface area contributed by atoms with E-state index in [0.29, 0.717) is 0 Å². The summed E-state index contributed by atoms with van der Waals surface area (Å²) in [5.74, 6) is 1.82. The normalized spacial score (nSPS) is 15.8. The summed E-state index contributed by atoms with van der Waals surface area (Å²) < 4.78 is 6.89. The number of benzene rings is 2. The number of aryl methyl sites for hydroxylation is 2. The van der Waals surface area contributed by atoms with E-state index in [-0.39, 0.29) is 11.9 Å². The average molecular weight is 464 g/mol. The Kier molecular flexibility index (Phi) is 5.95. The lowest BCUT2D eigenvalue weighted by molar-refractivity contribution is 0.211. The van der Waals surface area contributed by atoms with Crippen molar-refractivity contribution < 1.29 is 9.84 Å². The van der Waals surface area contributed by atoms with Crippen LogP contribution in [0.2, 0.25) is 0 Å². The van der Waals surface area contributed by atoms with E-state index in [1.807, 2.05) is 19.1 Å². The Hall–Kier alpha value is -3.10. The summed E-state index contributed by atoms with van der Waals surface area (Å²) in [5, 5.41) is 15.6. The van der Waals surface area contributed by atoms with E-state index in [1.165, 1.54) is 28.2 Å². The van der Waals surface area contributed by atoms with Gasteiger partial charge in [0.1, 0.15) is 5.75 Å². The minimum Gasteiger partial charge on any atom is -0.497 e. The van der Waals surface area contributed by atoms with E-state index in [0.717, 1.165) is 54.0 Å². The van der Waals surface area contributed by atoms with Crippen LogP contribution in [-0.2, 0) is 6.42 Å². The Morgan fingerprint density at radius 2 is 1.85 bits per heavy atom. The Morgan fingerprint density at radius 3 is 2.48 bits per heavy atom. The fourth-order valence-corrected chi connectivity index (χ4v) is 5.65. The molecule has 3 heterocycles. The highest BCUT2D eigenvalue weighted by molar-refractivity contribution is 7.17. The molecule has 1 aliphatic rings. The second-order valence-corrected chi connectivity index (χ2v) is 9.41. The van der Waals surface area contributed by atoms with Crippen molar-refractivity contribution in [2.75, 3.05) is 38.2 Å². The third kappa shape index (κ3) is 4.16. The molecule has 0 unspecified atom stereocenters. The van der Waals surface area contributed by atoms with Crippen molar-refractivity contribution in [3.63, 3.8) is 0 Å². The zero-order valence-corrected chi connectivity index (χ0v) is 20.0. The van der Waals surface area contributed by atoms with Crippen molar-refractivity contribution in [3.05, 3.63) is 70.4 Å². The summed E-state index contributed by atoms with van der Waals surface area (Å²) in [7, 11) is 1.69. The number of aromatic nitrogens is 3. The number of anilines is 1. The summed E-state index contributed by atoms with van der Waals surface area (Å²) in [6.45, 7) is 7.73. The maximum absolute atomic E-state index is 11.1. The Morgan fingerprint density at radius 1 is 1.09 bits per heavy atom. The molecule has 33 heavy (non-hydrogen) atoms.